The van der Waals surface area contributed by atoms with Crippen molar-refractivity contribution in [3.8, 4) is 22.6 Å². The van der Waals surface area contributed by atoms with Crippen LogP contribution in [0.4, 0.5) is 11.5 Å². The van der Waals surface area contributed by atoms with Gasteiger partial charge in [-0.2, -0.15) is 0 Å². The number of anilines is 2. The topological polar surface area (TPSA) is 47.5 Å². The van der Waals surface area contributed by atoms with Crippen molar-refractivity contribution in [2.75, 3.05) is 4.90 Å². The molecular formula is C42H38BN3O2S. The van der Waals surface area contributed by atoms with Crippen LogP contribution >= 0.6 is 11.3 Å². The molecule has 0 saturated carbocycles. The van der Waals surface area contributed by atoms with E-state index in [2.05, 4.69) is 137 Å². The molecule has 7 heteroatoms. The molecule has 5 nitrogen and oxygen atoms in total. The fourth-order valence-corrected chi connectivity index (χ4v) is 9.04. The Morgan fingerprint density at radius 3 is 2.10 bits per heavy atom. The quantitative estimate of drug-likeness (QED) is 0.176. The Morgan fingerprint density at radius 2 is 1.39 bits per heavy atom. The van der Waals surface area contributed by atoms with Gasteiger partial charge in [-0.05, 0) is 64.2 Å². The van der Waals surface area contributed by atoms with Crippen molar-refractivity contribution >= 4 is 50.1 Å². The van der Waals surface area contributed by atoms with Gasteiger partial charge in [-0.25, -0.2) is 9.97 Å². The smallest absolute Gasteiger partial charge is 0.400 e. The Kier molecular flexibility index (Phi) is 6.83. The number of hydrogen-bond donors (Lipinski definition) is 0. The first kappa shape index (κ1) is 30.5. The van der Waals surface area contributed by atoms with Crippen molar-refractivity contribution in [2.45, 2.75) is 58.7 Å². The van der Waals surface area contributed by atoms with E-state index in [0.29, 0.717) is 5.82 Å². The summed E-state index contributed by atoms with van der Waals surface area (Å²) in [6, 6.07) is 34.2. The molecule has 0 bridgehead atoms. The molecule has 1 aliphatic carbocycles. The Morgan fingerprint density at radius 1 is 0.735 bits per heavy atom. The van der Waals surface area contributed by atoms with Gasteiger partial charge in [-0.15, -0.1) is 11.3 Å². The third-order valence-corrected chi connectivity index (χ3v) is 12.3. The summed E-state index contributed by atoms with van der Waals surface area (Å²) in [5.74, 6) is 1.83. The maximum absolute atomic E-state index is 6.65. The number of allylic oxidation sites excluding steroid dienone is 4. The third-order valence-electron chi connectivity index (χ3n) is 11.1. The van der Waals surface area contributed by atoms with Gasteiger partial charge in [0.1, 0.15) is 5.82 Å². The highest BCUT2D eigenvalue weighted by atomic mass is 32.1. The van der Waals surface area contributed by atoms with Gasteiger partial charge in [0.15, 0.2) is 5.82 Å². The molecule has 4 aromatic carbocycles. The van der Waals surface area contributed by atoms with Crippen LogP contribution in [0.5, 0.6) is 0 Å². The summed E-state index contributed by atoms with van der Waals surface area (Å²) >= 11 is 1.89. The van der Waals surface area contributed by atoms with Crippen molar-refractivity contribution in [3.63, 3.8) is 0 Å². The lowest BCUT2D eigenvalue weighted by Gasteiger charge is -2.32. The molecular weight excluding hydrogens is 621 g/mol. The van der Waals surface area contributed by atoms with E-state index in [1.807, 2.05) is 29.5 Å². The van der Waals surface area contributed by atoms with E-state index >= 15 is 0 Å². The highest BCUT2D eigenvalue weighted by molar-refractivity contribution is 7.26. The molecule has 2 aliphatic heterocycles. The van der Waals surface area contributed by atoms with Crippen molar-refractivity contribution in [1.82, 2.24) is 9.97 Å². The van der Waals surface area contributed by atoms with Crippen LogP contribution in [0, 0.1) is 12.8 Å². The highest BCUT2D eigenvalue weighted by Crippen LogP contribution is 2.59. The van der Waals surface area contributed by atoms with Crippen LogP contribution in [0.25, 0.3) is 42.8 Å². The number of aromatic nitrogens is 2. The maximum Gasteiger partial charge on any atom is 0.490 e. The van der Waals surface area contributed by atoms with Gasteiger partial charge in [0.05, 0.1) is 22.6 Å². The number of rotatable bonds is 4. The van der Waals surface area contributed by atoms with E-state index in [1.54, 1.807) is 0 Å². The van der Waals surface area contributed by atoms with E-state index in [-0.39, 0.29) is 11.8 Å². The fraction of sp³-hybridized carbons (Fsp3) is 0.238. The predicted octanol–water partition coefficient (Wildman–Crippen LogP) is 10.8. The standard InChI is InChI=1S/C42H38BN3O2S/c1-25-31(43-47-41(3,4)42(5,6)48-43)22-24-32-35(25)36-33(23-21-30-29-19-13-14-20-34(29)49-38(30)36)46(32)40-26(2)37(27-15-9-7-10-16-27)44-39(45-40)28-17-11-8-12-18-28/h7-25,35H,1-6H3. The molecule has 0 amide bonds. The Bertz CT molecular complexity index is 2330. The zero-order chi connectivity index (χ0) is 33.7. The lowest BCUT2D eigenvalue weighted by atomic mass is 9.64. The van der Waals surface area contributed by atoms with Crippen molar-refractivity contribution < 1.29 is 9.31 Å². The van der Waals surface area contributed by atoms with Crippen LogP contribution in [-0.4, -0.2) is 28.3 Å². The number of hydrogen-bond acceptors (Lipinski definition) is 6. The number of thiophene rings is 1. The summed E-state index contributed by atoms with van der Waals surface area (Å²) < 4.78 is 15.9. The van der Waals surface area contributed by atoms with Gasteiger partial charge in [0, 0.05) is 54.0 Å². The molecule has 2 unspecified atom stereocenters. The van der Waals surface area contributed by atoms with Gasteiger partial charge in [0.25, 0.3) is 0 Å². The van der Waals surface area contributed by atoms with Crippen molar-refractivity contribution in [2.24, 2.45) is 5.92 Å². The molecule has 2 aromatic heterocycles. The highest BCUT2D eigenvalue weighted by Gasteiger charge is 2.55. The second-order valence-electron chi connectivity index (χ2n) is 14.5. The number of benzene rings is 4. The van der Waals surface area contributed by atoms with Crippen LogP contribution in [0.3, 0.4) is 0 Å². The van der Waals surface area contributed by atoms with E-state index in [0.717, 1.165) is 28.2 Å². The molecule has 4 heterocycles. The maximum atomic E-state index is 6.65. The fourth-order valence-electron chi connectivity index (χ4n) is 7.76. The summed E-state index contributed by atoms with van der Waals surface area (Å²) in [6.45, 7) is 13.0. The summed E-state index contributed by atoms with van der Waals surface area (Å²) in [5.41, 5.74) is 8.13. The zero-order valence-electron chi connectivity index (χ0n) is 28.7. The van der Waals surface area contributed by atoms with Crippen LogP contribution in [0.15, 0.2) is 120 Å². The number of fused-ring (bicyclic) bond motifs is 7. The lowest BCUT2D eigenvalue weighted by molar-refractivity contribution is 0.00578. The summed E-state index contributed by atoms with van der Waals surface area (Å²) in [5, 5.41) is 2.60. The summed E-state index contributed by atoms with van der Waals surface area (Å²) in [6.07, 6.45) is 4.53. The number of nitrogens with zero attached hydrogens (tertiary/aromatic N) is 3. The van der Waals surface area contributed by atoms with Crippen molar-refractivity contribution in [3.05, 3.63) is 132 Å². The lowest BCUT2D eigenvalue weighted by Crippen LogP contribution is -2.41. The first-order valence-corrected chi connectivity index (χ1v) is 18.0. The molecule has 1 fully saturated rings. The first-order valence-electron chi connectivity index (χ1n) is 17.1. The molecule has 2 atom stereocenters. The molecule has 3 aliphatic rings. The monoisotopic (exact) mass is 659 g/mol. The van der Waals surface area contributed by atoms with Gasteiger partial charge in [0.2, 0.25) is 0 Å². The average Bonchev–Trinajstić information content (AvgIpc) is 3.72. The first-order chi connectivity index (χ1) is 23.6. The molecule has 6 aromatic rings. The van der Waals surface area contributed by atoms with Gasteiger partial charge >= 0.3 is 7.12 Å². The minimum absolute atomic E-state index is 0.0838. The molecule has 0 N–H and O–H groups in total. The molecule has 0 radical (unpaired) electrons. The Balaban J connectivity index is 1.30. The SMILES string of the molecule is Cc1c(-c2ccccc2)nc(-c2ccccc2)nc1N1C2=CC=C(B3OC(C)(C)C(C)(C)O3)C(C)C2c2c1ccc1c2sc2ccccc21. The van der Waals surface area contributed by atoms with Gasteiger partial charge < -0.3 is 9.31 Å². The van der Waals surface area contributed by atoms with E-state index in [4.69, 9.17) is 19.3 Å². The van der Waals surface area contributed by atoms with Crippen LogP contribution in [0.2, 0.25) is 0 Å². The molecule has 242 valence electrons. The van der Waals surface area contributed by atoms with Gasteiger partial charge in [-0.3, -0.25) is 4.90 Å². The minimum Gasteiger partial charge on any atom is -0.400 e. The van der Waals surface area contributed by atoms with Gasteiger partial charge in [-0.1, -0.05) is 97.9 Å². The minimum atomic E-state index is -0.416. The Hall–Kier alpha value is -4.56. The summed E-state index contributed by atoms with van der Waals surface area (Å²) in [7, 11) is -0.410. The normalized spacial score (nSPS) is 20.8. The van der Waals surface area contributed by atoms with E-state index < -0.39 is 18.3 Å². The van der Waals surface area contributed by atoms with Crippen molar-refractivity contribution in [1.29, 1.82) is 0 Å². The van der Waals surface area contributed by atoms with Crippen LogP contribution in [-0.2, 0) is 9.31 Å². The zero-order valence-corrected chi connectivity index (χ0v) is 29.5. The Labute approximate surface area is 292 Å². The second kappa shape index (κ2) is 11.0. The average molecular weight is 660 g/mol. The molecule has 49 heavy (non-hydrogen) atoms. The molecule has 9 rings (SSSR count). The van der Waals surface area contributed by atoms with E-state index in [1.165, 1.54) is 42.6 Å². The van der Waals surface area contributed by atoms with E-state index in [9.17, 15) is 0 Å². The van der Waals surface area contributed by atoms with Crippen LogP contribution < -0.4 is 4.90 Å². The largest absolute Gasteiger partial charge is 0.490 e. The molecule has 0 spiro atoms. The summed E-state index contributed by atoms with van der Waals surface area (Å²) in [4.78, 5) is 13.0. The van der Waals surface area contributed by atoms with Crippen LogP contribution in [0.1, 0.15) is 51.7 Å². The predicted molar refractivity (Wildman–Crippen MR) is 203 cm³/mol. The second-order valence-corrected chi connectivity index (χ2v) is 15.6. The molecule has 1 saturated heterocycles. The third kappa shape index (κ3) is 4.59.